The molecule has 0 atom stereocenters. The lowest BCUT2D eigenvalue weighted by molar-refractivity contribution is 0.627. The molecule has 2 nitrogen and oxygen atoms in total. The first-order valence-corrected chi connectivity index (χ1v) is 2.28. The minimum Gasteiger partial charge on any atom is -0.316 e. The van der Waals surface area contributed by atoms with Crippen LogP contribution < -0.4 is 11.5 Å². The summed E-state index contributed by atoms with van der Waals surface area (Å²) in [5.74, 6) is 0. The minimum absolute atomic E-state index is 0. The van der Waals surface area contributed by atoms with Gasteiger partial charge >= 0.3 is 0 Å². The van der Waals surface area contributed by atoms with Gasteiger partial charge in [-0.3, -0.25) is 0 Å². The number of halogens is 1. The van der Waals surface area contributed by atoms with Crippen molar-refractivity contribution in [1.29, 1.82) is 0 Å². The Bertz CT molecular complexity index is 30.9. The van der Waals surface area contributed by atoms with E-state index in [4.69, 9.17) is 11.5 Å². The van der Waals surface area contributed by atoms with Crippen molar-refractivity contribution in [2.24, 2.45) is 11.5 Å². The smallest absolute Gasteiger partial charge is 0.0520 e. The van der Waals surface area contributed by atoms with Crippen LogP contribution in [-0.4, -0.2) is 6.17 Å². The Balaban J connectivity index is 0. The number of hydrogen-bond donors (Lipinski definition) is 2. The highest BCUT2D eigenvalue weighted by Gasteiger charge is 1.85. The van der Waals surface area contributed by atoms with Gasteiger partial charge in [0.2, 0.25) is 0 Å². The Hall–Kier alpha value is 0.650. The summed E-state index contributed by atoms with van der Waals surface area (Å²) in [7, 11) is 0. The van der Waals surface area contributed by atoms with Crippen molar-refractivity contribution >= 4 is 24.0 Å². The number of rotatable bonds is 2. The summed E-state index contributed by atoms with van der Waals surface area (Å²) >= 11 is 0. The third-order valence-electron chi connectivity index (χ3n) is 0.622. The monoisotopic (exact) mass is 216 g/mol. The fraction of sp³-hybridized carbons (Fsp3) is 1.00. The molecule has 0 aromatic rings. The molecule has 0 fully saturated rings. The maximum atomic E-state index is 5.18. The second-order valence-electron chi connectivity index (χ2n) is 1.45. The van der Waals surface area contributed by atoms with Crippen LogP contribution in [0.5, 0.6) is 0 Å². The van der Waals surface area contributed by atoms with Gasteiger partial charge in [-0.1, -0.05) is 13.3 Å². The van der Waals surface area contributed by atoms with Crippen LogP contribution in [0.15, 0.2) is 0 Å². The van der Waals surface area contributed by atoms with Crippen molar-refractivity contribution in [3.63, 3.8) is 0 Å². The largest absolute Gasteiger partial charge is 0.316 e. The number of nitrogens with two attached hydrogens (primary N) is 2. The molecule has 4 N–H and O–H groups in total. The first-order valence-electron chi connectivity index (χ1n) is 2.28. The van der Waals surface area contributed by atoms with Crippen molar-refractivity contribution in [2.45, 2.75) is 25.9 Å². The molecule has 0 unspecified atom stereocenters. The summed E-state index contributed by atoms with van der Waals surface area (Å²) in [4.78, 5) is 0. The Kier molecular flexibility index (Phi) is 10.1. The van der Waals surface area contributed by atoms with E-state index in [2.05, 4.69) is 6.92 Å². The fourth-order valence-corrected chi connectivity index (χ4v) is 0.333. The van der Waals surface area contributed by atoms with Crippen molar-refractivity contribution in [3.8, 4) is 0 Å². The molecule has 46 valence electrons. The minimum atomic E-state index is -0.102. The molecule has 0 saturated heterocycles. The van der Waals surface area contributed by atoms with Gasteiger partial charge in [0, 0.05) is 0 Å². The molecule has 7 heavy (non-hydrogen) atoms. The van der Waals surface area contributed by atoms with Gasteiger partial charge in [0.25, 0.3) is 0 Å². The highest BCUT2D eigenvalue weighted by Crippen LogP contribution is 1.82. The molecular weight excluding hydrogens is 203 g/mol. The van der Waals surface area contributed by atoms with Crippen LogP contribution in [-0.2, 0) is 0 Å². The van der Waals surface area contributed by atoms with Crippen LogP contribution in [0, 0.1) is 0 Å². The highest BCUT2D eigenvalue weighted by molar-refractivity contribution is 14.0. The predicted octanol–water partition coefficient (Wildman–Crippen LogP) is 0.648. The summed E-state index contributed by atoms with van der Waals surface area (Å²) in [5, 5.41) is 0. The quantitative estimate of drug-likeness (QED) is 0.525. The van der Waals surface area contributed by atoms with E-state index in [0.29, 0.717) is 0 Å². The lowest BCUT2D eigenvalue weighted by atomic mass is 10.3. The van der Waals surface area contributed by atoms with Crippen LogP contribution in [0.3, 0.4) is 0 Å². The second-order valence-corrected chi connectivity index (χ2v) is 1.45. The van der Waals surface area contributed by atoms with E-state index in [1.807, 2.05) is 0 Å². The molecule has 0 aromatic carbocycles. The van der Waals surface area contributed by atoms with Crippen molar-refractivity contribution < 1.29 is 0 Å². The Morgan fingerprint density at radius 3 is 1.86 bits per heavy atom. The third-order valence-corrected chi connectivity index (χ3v) is 0.622. The molecule has 0 aliphatic heterocycles. The van der Waals surface area contributed by atoms with Gasteiger partial charge in [-0.15, -0.1) is 24.0 Å². The van der Waals surface area contributed by atoms with Gasteiger partial charge in [-0.25, -0.2) is 0 Å². The Morgan fingerprint density at radius 1 is 1.43 bits per heavy atom. The van der Waals surface area contributed by atoms with Crippen LogP contribution in [0.2, 0.25) is 0 Å². The van der Waals surface area contributed by atoms with Crippen LogP contribution in [0.4, 0.5) is 0 Å². The molecule has 0 aromatic heterocycles. The van der Waals surface area contributed by atoms with E-state index in [9.17, 15) is 0 Å². The maximum Gasteiger partial charge on any atom is 0.0520 e. The number of hydrogen-bond acceptors (Lipinski definition) is 2. The van der Waals surface area contributed by atoms with E-state index in [1.165, 1.54) is 0 Å². The van der Waals surface area contributed by atoms with Gasteiger partial charge in [0.15, 0.2) is 0 Å². The lowest BCUT2D eigenvalue weighted by Gasteiger charge is -1.97. The third kappa shape index (κ3) is 10.8. The van der Waals surface area contributed by atoms with Gasteiger partial charge in [0.1, 0.15) is 0 Å². The molecule has 0 amide bonds. The summed E-state index contributed by atoms with van der Waals surface area (Å²) in [5.41, 5.74) is 10.4. The Morgan fingerprint density at radius 2 is 1.86 bits per heavy atom. The van der Waals surface area contributed by atoms with Crippen LogP contribution >= 0.6 is 24.0 Å². The molecule has 0 aliphatic carbocycles. The van der Waals surface area contributed by atoms with E-state index in [1.54, 1.807) is 0 Å². The lowest BCUT2D eigenvalue weighted by Crippen LogP contribution is -2.29. The average Bonchev–Trinajstić information content (AvgIpc) is 1.35. The maximum absolute atomic E-state index is 5.18. The van der Waals surface area contributed by atoms with E-state index in [-0.39, 0.29) is 30.1 Å². The zero-order valence-corrected chi connectivity index (χ0v) is 6.88. The van der Waals surface area contributed by atoms with Crippen LogP contribution in [0.25, 0.3) is 0 Å². The molecule has 0 rings (SSSR count). The summed E-state index contributed by atoms with van der Waals surface area (Å²) in [6.07, 6.45) is 1.91. The molecule has 3 heteroatoms. The first-order chi connectivity index (χ1) is 2.77. The first kappa shape index (κ1) is 10.6. The van der Waals surface area contributed by atoms with Crippen molar-refractivity contribution in [1.82, 2.24) is 0 Å². The summed E-state index contributed by atoms with van der Waals surface area (Å²) in [6, 6.07) is 0. The van der Waals surface area contributed by atoms with E-state index < -0.39 is 0 Å². The summed E-state index contributed by atoms with van der Waals surface area (Å²) in [6.45, 7) is 2.06. The highest BCUT2D eigenvalue weighted by atomic mass is 127. The molecule has 0 bridgehead atoms. The van der Waals surface area contributed by atoms with Crippen LogP contribution in [0.1, 0.15) is 19.8 Å². The van der Waals surface area contributed by atoms with Gasteiger partial charge in [0.05, 0.1) is 6.17 Å². The fourth-order valence-electron chi connectivity index (χ4n) is 0.333. The van der Waals surface area contributed by atoms with Gasteiger partial charge in [-0.05, 0) is 6.42 Å². The topological polar surface area (TPSA) is 52.0 Å². The van der Waals surface area contributed by atoms with E-state index >= 15 is 0 Å². The standard InChI is InChI=1S/C4H12N2.HI/c1-2-3-4(5)6;/h4H,2-3,5-6H2,1H3;1H. The zero-order chi connectivity index (χ0) is 4.99. The molecular formula is C4H13IN2. The van der Waals surface area contributed by atoms with Crippen molar-refractivity contribution in [3.05, 3.63) is 0 Å². The van der Waals surface area contributed by atoms with Gasteiger partial charge in [-0.2, -0.15) is 0 Å². The van der Waals surface area contributed by atoms with Crippen molar-refractivity contribution in [2.75, 3.05) is 0 Å². The van der Waals surface area contributed by atoms with Gasteiger partial charge < -0.3 is 11.5 Å². The average molecular weight is 216 g/mol. The molecule has 0 saturated carbocycles. The molecule has 0 spiro atoms. The Labute approximate surface area is 61.7 Å². The summed E-state index contributed by atoms with van der Waals surface area (Å²) < 4.78 is 0. The molecule has 0 heterocycles. The SMILES string of the molecule is CCCC(N)N.I. The van der Waals surface area contributed by atoms with E-state index in [0.717, 1.165) is 12.8 Å². The predicted molar refractivity (Wildman–Crippen MR) is 42.5 cm³/mol. The normalized spacial score (nSPS) is 8.57. The molecule has 0 aliphatic rings. The second kappa shape index (κ2) is 6.65. The molecule has 0 radical (unpaired) electrons. The zero-order valence-electron chi connectivity index (χ0n) is 4.55.